The predicted molar refractivity (Wildman–Crippen MR) is 44.6 cm³/mol. The summed E-state index contributed by atoms with van der Waals surface area (Å²) in [5.74, 6) is -0.672. The van der Waals surface area contributed by atoms with Crippen LogP contribution in [-0.4, -0.2) is 42.7 Å². The van der Waals surface area contributed by atoms with Crippen molar-refractivity contribution in [3.8, 4) is 0 Å². The second-order valence-corrected chi connectivity index (χ2v) is 3.00. The molecule has 1 amide bonds. The van der Waals surface area contributed by atoms with E-state index in [1.807, 2.05) is 0 Å². The van der Waals surface area contributed by atoms with E-state index in [2.05, 4.69) is 11.9 Å². The number of nitrogens with zero attached hydrogens (tertiary/aromatic N) is 1. The van der Waals surface area contributed by atoms with Gasteiger partial charge in [0.2, 0.25) is 5.91 Å². The number of rotatable bonds is 1. The van der Waals surface area contributed by atoms with E-state index in [0.717, 1.165) is 11.0 Å². The average molecular weight is 208 g/mol. The number of amides is 1. The molecule has 6 heteroatoms. The quantitative estimate of drug-likeness (QED) is 0.638. The molecule has 1 fully saturated rings. The third kappa shape index (κ3) is 2.25. The van der Waals surface area contributed by atoms with Crippen molar-refractivity contribution in [3.63, 3.8) is 0 Å². The molecule has 3 nitrogen and oxygen atoms in total. The number of hydrogen-bond donors (Lipinski definition) is 1. The lowest BCUT2D eigenvalue weighted by atomic mass is 10.2. The van der Waals surface area contributed by atoms with Gasteiger partial charge in [-0.05, 0) is 6.08 Å². The molecular formula is C8H11F3N2O. The molecule has 1 atom stereocenters. The maximum atomic E-state index is 12.4. The Bertz CT molecular complexity index is 239. The highest BCUT2D eigenvalue weighted by Crippen LogP contribution is 2.25. The van der Waals surface area contributed by atoms with E-state index < -0.39 is 18.1 Å². The van der Waals surface area contributed by atoms with Gasteiger partial charge < -0.3 is 10.2 Å². The fourth-order valence-electron chi connectivity index (χ4n) is 1.38. The van der Waals surface area contributed by atoms with Crippen LogP contribution in [-0.2, 0) is 4.79 Å². The van der Waals surface area contributed by atoms with Gasteiger partial charge in [0.15, 0.2) is 0 Å². The van der Waals surface area contributed by atoms with E-state index in [1.165, 1.54) is 0 Å². The van der Waals surface area contributed by atoms with Gasteiger partial charge in [-0.1, -0.05) is 6.58 Å². The number of hydrogen-bond acceptors (Lipinski definition) is 2. The molecule has 0 aromatic rings. The molecule has 1 rings (SSSR count). The first kappa shape index (κ1) is 11.0. The Morgan fingerprint density at radius 3 is 2.71 bits per heavy atom. The van der Waals surface area contributed by atoms with Crippen molar-refractivity contribution in [2.24, 2.45) is 0 Å². The molecule has 0 radical (unpaired) electrons. The molecule has 1 saturated heterocycles. The molecule has 0 aromatic carbocycles. The van der Waals surface area contributed by atoms with Crippen LogP contribution in [0.3, 0.4) is 0 Å². The molecule has 1 aliphatic heterocycles. The van der Waals surface area contributed by atoms with Crippen LogP contribution in [0.4, 0.5) is 13.2 Å². The summed E-state index contributed by atoms with van der Waals surface area (Å²) < 4.78 is 37.3. The van der Waals surface area contributed by atoms with Crippen molar-refractivity contribution in [3.05, 3.63) is 12.7 Å². The van der Waals surface area contributed by atoms with Gasteiger partial charge in [0.05, 0.1) is 0 Å². The predicted octanol–water partition coefficient (Wildman–Crippen LogP) is 0.535. The van der Waals surface area contributed by atoms with Gasteiger partial charge in [-0.3, -0.25) is 4.79 Å². The number of halogens is 3. The lowest BCUT2D eigenvalue weighted by Crippen LogP contribution is -2.59. The van der Waals surface area contributed by atoms with Gasteiger partial charge in [0.25, 0.3) is 0 Å². The van der Waals surface area contributed by atoms with E-state index in [1.54, 1.807) is 0 Å². The van der Waals surface area contributed by atoms with Crippen molar-refractivity contribution in [1.29, 1.82) is 0 Å². The summed E-state index contributed by atoms with van der Waals surface area (Å²) in [5, 5.41) is 2.60. The highest BCUT2D eigenvalue weighted by Gasteiger charge is 2.45. The monoisotopic (exact) mass is 208 g/mol. The van der Waals surface area contributed by atoms with E-state index >= 15 is 0 Å². The largest absolute Gasteiger partial charge is 0.410 e. The van der Waals surface area contributed by atoms with Crippen molar-refractivity contribution in [2.75, 3.05) is 19.6 Å². The van der Waals surface area contributed by atoms with Gasteiger partial charge in [0.1, 0.15) is 6.04 Å². The molecule has 0 aromatic heterocycles. The van der Waals surface area contributed by atoms with E-state index in [4.69, 9.17) is 0 Å². The molecule has 1 aliphatic rings. The summed E-state index contributed by atoms with van der Waals surface area (Å²) >= 11 is 0. The first-order chi connectivity index (χ1) is 6.46. The van der Waals surface area contributed by atoms with Gasteiger partial charge in [-0.15, -0.1) is 0 Å². The first-order valence-electron chi connectivity index (χ1n) is 4.17. The van der Waals surface area contributed by atoms with Crippen molar-refractivity contribution >= 4 is 5.91 Å². The Balaban J connectivity index is 2.79. The Labute approximate surface area is 79.6 Å². The molecular weight excluding hydrogens is 197 g/mol. The highest BCUT2D eigenvalue weighted by molar-refractivity contribution is 5.87. The summed E-state index contributed by atoms with van der Waals surface area (Å²) in [7, 11) is 0. The zero-order valence-corrected chi connectivity index (χ0v) is 7.47. The Hall–Kier alpha value is -1.04. The number of nitrogens with one attached hydrogen (secondary N) is 1. The highest BCUT2D eigenvalue weighted by atomic mass is 19.4. The zero-order chi connectivity index (χ0) is 10.8. The van der Waals surface area contributed by atoms with Crippen LogP contribution in [0.2, 0.25) is 0 Å². The minimum absolute atomic E-state index is 0.0645. The minimum Gasteiger partial charge on any atom is -0.324 e. The second-order valence-electron chi connectivity index (χ2n) is 3.00. The standard InChI is InChI=1S/C8H11F3N2O/c1-2-7(14)13-4-3-12-5-6(13)8(9,10)11/h2,6,12H,1,3-5H2. The smallest absolute Gasteiger partial charge is 0.324 e. The summed E-state index contributed by atoms with van der Waals surface area (Å²) in [5.41, 5.74) is 0. The fourth-order valence-corrected chi connectivity index (χ4v) is 1.38. The van der Waals surface area contributed by atoms with Crippen molar-refractivity contribution < 1.29 is 18.0 Å². The number of alkyl halides is 3. The summed E-state index contributed by atoms with van der Waals surface area (Å²) in [4.78, 5) is 11.9. The number of piperazine rings is 1. The lowest BCUT2D eigenvalue weighted by molar-refractivity contribution is -0.190. The zero-order valence-electron chi connectivity index (χ0n) is 7.47. The molecule has 0 bridgehead atoms. The van der Waals surface area contributed by atoms with E-state index in [0.29, 0.717) is 6.54 Å². The Morgan fingerprint density at radius 1 is 1.57 bits per heavy atom. The van der Waals surface area contributed by atoms with Crippen LogP contribution < -0.4 is 5.32 Å². The van der Waals surface area contributed by atoms with Crippen LogP contribution in [0.15, 0.2) is 12.7 Å². The third-order valence-corrected chi connectivity index (χ3v) is 2.08. The van der Waals surface area contributed by atoms with Crippen LogP contribution >= 0.6 is 0 Å². The summed E-state index contributed by atoms with van der Waals surface area (Å²) in [6.07, 6.45) is -3.48. The van der Waals surface area contributed by atoms with Gasteiger partial charge in [-0.25, -0.2) is 0 Å². The van der Waals surface area contributed by atoms with Crippen LogP contribution in [0.1, 0.15) is 0 Å². The lowest BCUT2D eigenvalue weighted by Gasteiger charge is -2.36. The Morgan fingerprint density at radius 2 is 2.21 bits per heavy atom. The van der Waals surface area contributed by atoms with Crippen LogP contribution in [0.25, 0.3) is 0 Å². The topological polar surface area (TPSA) is 32.3 Å². The molecule has 14 heavy (non-hydrogen) atoms. The SMILES string of the molecule is C=CC(=O)N1CCNCC1C(F)(F)F. The molecule has 0 spiro atoms. The molecule has 0 aliphatic carbocycles. The average Bonchev–Trinajstić information content (AvgIpc) is 2.15. The van der Waals surface area contributed by atoms with E-state index in [-0.39, 0.29) is 13.1 Å². The second kappa shape index (κ2) is 4.00. The first-order valence-corrected chi connectivity index (χ1v) is 4.17. The van der Waals surface area contributed by atoms with Gasteiger partial charge in [0, 0.05) is 19.6 Å². The van der Waals surface area contributed by atoms with Crippen molar-refractivity contribution in [1.82, 2.24) is 10.2 Å². The molecule has 1 unspecified atom stereocenters. The van der Waals surface area contributed by atoms with Crippen molar-refractivity contribution in [2.45, 2.75) is 12.2 Å². The van der Waals surface area contributed by atoms with Gasteiger partial charge >= 0.3 is 6.18 Å². The third-order valence-electron chi connectivity index (χ3n) is 2.08. The van der Waals surface area contributed by atoms with Crippen LogP contribution in [0, 0.1) is 0 Å². The number of carbonyl (C=O) groups excluding carboxylic acids is 1. The molecule has 0 saturated carbocycles. The van der Waals surface area contributed by atoms with Crippen LogP contribution in [0.5, 0.6) is 0 Å². The molecule has 80 valence electrons. The number of carbonyl (C=O) groups is 1. The summed E-state index contributed by atoms with van der Waals surface area (Å²) in [6, 6.07) is -1.73. The van der Waals surface area contributed by atoms with E-state index in [9.17, 15) is 18.0 Å². The Kier molecular flexibility index (Phi) is 3.15. The normalized spacial score (nSPS) is 23.4. The summed E-state index contributed by atoms with van der Waals surface area (Å²) in [6.45, 7) is 3.37. The minimum atomic E-state index is -4.38. The maximum Gasteiger partial charge on any atom is 0.410 e. The molecule has 1 N–H and O–H groups in total. The fraction of sp³-hybridized carbons (Fsp3) is 0.625. The maximum absolute atomic E-state index is 12.4. The van der Waals surface area contributed by atoms with Gasteiger partial charge in [-0.2, -0.15) is 13.2 Å². The molecule has 1 heterocycles.